The molecular weight excluding hydrogens is 780 g/mol. The molecule has 0 radical (unpaired) electrons. The van der Waals surface area contributed by atoms with Crippen molar-refractivity contribution in [2.24, 2.45) is 22.2 Å². The fourth-order valence-electron chi connectivity index (χ4n) is 8.09. The molecule has 0 amide bonds. The molecule has 0 spiro atoms. The van der Waals surface area contributed by atoms with Gasteiger partial charge < -0.3 is 10.6 Å². The number of benzene rings is 1. The van der Waals surface area contributed by atoms with Crippen LogP contribution in [0.2, 0.25) is 0 Å². The molecule has 0 unspecified atom stereocenters. The molecule has 344 valence electrons. The summed E-state index contributed by atoms with van der Waals surface area (Å²) in [6.07, 6.45) is 25.8. The van der Waals surface area contributed by atoms with E-state index in [0.29, 0.717) is 12.5 Å². The summed E-state index contributed by atoms with van der Waals surface area (Å²) in [6, 6.07) is 7.52. The molecule has 0 fully saturated rings. The van der Waals surface area contributed by atoms with Crippen molar-refractivity contribution in [3.63, 3.8) is 0 Å². The normalized spacial score (nSPS) is 17.4. The Balaban J connectivity index is 2.45. The molecule has 1 aliphatic rings. The molecule has 0 atom stereocenters. The van der Waals surface area contributed by atoms with Gasteiger partial charge in [0, 0.05) is 22.6 Å². The first-order chi connectivity index (χ1) is 29.1. The Morgan fingerprint density at radius 3 is 2.06 bits per heavy atom. The maximum absolute atomic E-state index is 4.67. The van der Waals surface area contributed by atoms with Gasteiger partial charge in [0.2, 0.25) is 0 Å². The fourth-order valence-corrected chi connectivity index (χ4v) is 9.28. The predicted octanol–water partition coefficient (Wildman–Crippen LogP) is 16.9. The third kappa shape index (κ3) is 14.6. The lowest BCUT2D eigenvalue weighted by atomic mass is 9.42. The molecule has 2 aromatic rings. The van der Waals surface area contributed by atoms with Gasteiger partial charge in [0.1, 0.15) is 0 Å². The largest absolute Gasteiger partial charge is 0.382 e. The van der Waals surface area contributed by atoms with Crippen LogP contribution in [0.5, 0.6) is 0 Å². The van der Waals surface area contributed by atoms with Crippen molar-refractivity contribution in [3.8, 4) is 0 Å². The molecule has 1 aromatic heterocycles. The van der Waals surface area contributed by atoms with Crippen molar-refractivity contribution in [2.45, 2.75) is 174 Å². The summed E-state index contributed by atoms with van der Waals surface area (Å²) in [7, 11) is 0. The molecular formula is C59H89BN2S. The van der Waals surface area contributed by atoms with E-state index >= 15 is 0 Å². The average Bonchev–Trinajstić information content (AvgIpc) is 3.62. The quantitative estimate of drug-likeness (QED) is 0.109. The predicted molar refractivity (Wildman–Crippen MR) is 288 cm³/mol. The van der Waals surface area contributed by atoms with Crippen molar-refractivity contribution < 1.29 is 0 Å². The van der Waals surface area contributed by atoms with Crippen LogP contribution < -0.4 is 15.4 Å². The van der Waals surface area contributed by atoms with Gasteiger partial charge in [0.15, 0.2) is 0 Å². The number of nitrogens with one attached hydrogen (secondary N) is 2. The number of hydrogen-bond acceptors (Lipinski definition) is 3. The highest BCUT2D eigenvalue weighted by atomic mass is 32.1. The van der Waals surface area contributed by atoms with E-state index < -0.39 is 0 Å². The molecule has 0 saturated carbocycles. The first-order valence-corrected chi connectivity index (χ1v) is 24.9. The Morgan fingerprint density at radius 2 is 1.54 bits per heavy atom. The molecule has 0 bridgehead atoms. The lowest BCUT2D eigenvalue weighted by Crippen LogP contribution is -2.34. The Morgan fingerprint density at radius 1 is 0.921 bits per heavy atom. The summed E-state index contributed by atoms with van der Waals surface area (Å²) in [4.78, 5) is 0. The van der Waals surface area contributed by atoms with Gasteiger partial charge >= 0.3 is 0 Å². The van der Waals surface area contributed by atoms with Crippen molar-refractivity contribution in [1.29, 1.82) is 0 Å². The Labute approximate surface area is 392 Å². The fraction of sp³-hybridized carbons (Fsp3) is 0.525. The highest BCUT2D eigenvalue weighted by Crippen LogP contribution is 2.47. The highest BCUT2D eigenvalue weighted by Gasteiger charge is 2.38. The molecule has 1 aromatic carbocycles. The van der Waals surface area contributed by atoms with Crippen LogP contribution in [0.15, 0.2) is 137 Å². The lowest BCUT2D eigenvalue weighted by Gasteiger charge is -2.41. The van der Waals surface area contributed by atoms with Gasteiger partial charge in [0.05, 0.1) is 0 Å². The molecule has 1 aliphatic carbocycles. The van der Waals surface area contributed by atoms with E-state index in [1.807, 2.05) is 17.4 Å². The zero-order chi connectivity index (χ0) is 47.7. The number of hydrogen-bond donors (Lipinski definition) is 2. The third-order valence-electron chi connectivity index (χ3n) is 13.8. The molecule has 2 nitrogen and oxygen atoms in total. The minimum atomic E-state index is -0.122. The monoisotopic (exact) mass is 869 g/mol. The van der Waals surface area contributed by atoms with E-state index in [1.165, 1.54) is 61.1 Å². The van der Waals surface area contributed by atoms with Gasteiger partial charge in [-0.3, -0.25) is 0 Å². The molecule has 4 heteroatoms. The van der Waals surface area contributed by atoms with Gasteiger partial charge in [-0.2, -0.15) is 0 Å². The maximum Gasteiger partial charge on any atom is 0.251 e. The van der Waals surface area contributed by atoms with Gasteiger partial charge in [0.25, 0.3) is 6.71 Å². The molecule has 63 heavy (non-hydrogen) atoms. The summed E-state index contributed by atoms with van der Waals surface area (Å²) < 4.78 is 2.66. The van der Waals surface area contributed by atoms with E-state index in [1.54, 1.807) is 0 Å². The van der Waals surface area contributed by atoms with Crippen LogP contribution >= 0.6 is 11.3 Å². The summed E-state index contributed by atoms with van der Waals surface area (Å²) in [6.45, 7) is 53.3. The first kappa shape index (κ1) is 53.6. The Kier molecular flexibility index (Phi) is 18.7. The van der Waals surface area contributed by atoms with Gasteiger partial charge in [-0.1, -0.05) is 172 Å². The van der Waals surface area contributed by atoms with Crippen molar-refractivity contribution in [2.75, 3.05) is 6.54 Å². The minimum absolute atomic E-state index is 0.0754. The van der Waals surface area contributed by atoms with Crippen LogP contribution in [0.3, 0.4) is 0 Å². The van der Waals surface area contributed by atoms with Crippen LogP contribution in [0.25, 0.3) is 10.1 Å². The van der Waals surface area contributed by atoms with E-state index in [9.17, 15) is 0 Å². The molecule has 2 N–H and O–H groups in total. The second-order valence-electron chi connectivity index (χ2n) is 22.7. The molecule has 0 aliphatic heterocycles. The Hall–Kier alpha value is -3.76. The van der Waals surface area contributed by atoms with Crippen molar-refractivity contribution >= 4 is 32.9 Å². The molecule has 0 saturated heterocycles. The summed E-state index contributed by atoms with van der Waals surface area (Å²) in [5, 5.41) is 9.17. The van der Waals surface area contributed by atoms with Crippen LogP contribution in [0.4, 0.5) is 0 Å². The van der Waals surface area contributed by atoms with E-state index in [4.69, 9.17) is 0 Å². The Bertz CT molecular complexity index is 2130. The van der Waals surface area contributed by atoms with Crippen LogP contribution in [0, 0.1) is 22.2 Å². The summed E-state index contributed by atoms with van der Waals surface area (Å²) in [5.41, 5.74) is 13.3. The van der Waals surface area contributed by atoms with E-state index in [-0.39, 0.29) is 33.8 Å². The van der Waals surface area contributed by atoms with Crippen molar-refractivity contribution in [3.05, 3.63) is 148 Å². The average molecular weight is 869 g/mol. The second-order valence-corrected chi connectivity index (χ2v) is 23.8. The highest BCUT2D eigenvalue weighted by molar-refractivity contribution is 7.30. The van der Waals surface area contributed by atoms with Gasteiger partial charge in [-0.05, 0) is 165 Å². The zero-order valence-electron chi connectivity index (χ0n) is 43.7. The van der Waals surface area contributed by atoms with Crippen LogP contribution in [-0.4, -0.2) is 13.3 Å². The zero-order valence-corrected chi connectivity index (χ0v) is 44.5. The standard InChI is InChI=1S/C59H89BN2S/c1-22-45(41(5)6)28-26-34-60(54-38-47-37-48-49(39-53(47)63-54)59(20,21)33-32-58(48,18)19)50(40-62-51(24-3)42(7)30-31-55(10,11)12)52(36-43(8)56(13,14)15)61-35-27-29-46(23-2)44(9)57(16,17)25-4/h22,24,26-30,34,36-41,61-62H,1,8,23,25,31-33,35H2,2-7,9-21H3/b29-27-,34-26+,42-30-,45-28+,46-44+,50-40-,51-24+,52-36+. The maximum atomic E-state index is 4.67. The number of allylic oxidation sites excluding steroid dienone is 13. The third-order valence-corrected chi connectivity index (χ3v) is 15.0. The van der Waals surface area contributed by atoms with E-state index in [2.05, 4.69) is 228 Å². The minimum Gasteiger partial charge on any atom is -0.382 e. The smallest absolute Gasteiger partial charge is 0.251 e. The molecule has 3 rings (SSSR count). The second kappa shape index (κ2) is 22.0. The first-order valence-electron chi connectivity index (χ1n) is 24.0. The van der Waals surface area contributed by atoms with Crippen molar-refractivity contribution in [1.82, 2.24) is 10.6 Å². The van der Waals surface area contributed by atoms with Gasteiger partial charge in [-0.15, -0.1) is 17.3 Å². The van der Waals surface area contributed by atoms with E-state index in [0.717, 1.165) is 41.7 Å². The number of thiophene rings is 1. The lowest BCUT2D eigenvalue weighted by molar-refractivity contribution is 0.332. The SMILES string of the molecule is C=C/C(=C\C=C\B(C(=C\NC(=C/C)/C(C)=C\CC(C)(C)C)/C(=C\C(=C)C(C)(C)C)NC/C=C\C(CC)=C(/C)C(C)(C)CC)c1cc2cc3c(cc2s1)C(C)(C)CCC3(C)C)C(C)C. The summed E-state index contributed by atoms with van der Waals surface area (Å²) in [5.74, 6) is 2.77. The number of rotatable bonds is 19. The molecule has 1 heterocycles. The van der Waals surface area contributed by atoms with Crippen LogP contribution in [-0.2, 0) is 10.8 Å². The van der Waals surface area contributed by atoms with Gasteiger partial charge in [-0.25, -0.2) is 0 Å². The number of fused-ring (bicyclic) bond motifs is 2. The topological polar surface area (TPSA) is 24.1 Å². The summed E-state index contributed by atoms with van der Waals surface area (Å²) >= 11 is 1.94. The van der Waals surface area contributed by atoms with Crippen LogP contribution in [0.1, 0.15) is 175 Å².